The van der Waals surface area contributed by atoms with Crippen molar-refractivity contribution in [3.8, 4) is 50.6 Å². The Morgan fingerprint density at radius 2 is 1.22 bits per heavy atom. The molecule has 0 spiro atoms. The molecule has 0 fully saturated rings. The minimum absolute atomic E-state index is 0.0296. The fourth-order valence-corrected chi connectivity index (χ4v) is 11.1. The predicted molar refractivity (Wildman–Crippen MR) is 264 cm³/mol. The Morgan fingerprint density at radius 1 is 0.531 bits per heavy atom. The highest BCUT2D eigenvalue weighted by atomic mass is 16.5. The largest absolute Gasteiger partial charge is 0.456 e. The lowest BCUT2D eigenvalue weighted by molar-refractivity contribution is 0.488. The third kappa shape index (κ3) is 5.68. The van der Waals surface area contributed by atoms with Crippen molar-refractivity contribution < 1.29 is 4.74 Å². The van der Waals surface area contributed by atoms with Crippen LogP contribution in [0.3, 0.4) is 0 Å². The Hall–Kier alpha value is -7.82. The van der Waals surface area contributed by atoms with Crippen molar-refractivity contribution in [3.63, 3.8) is 0 Å². The van der Waals surface area contributed by atoms with Crippen molar-refractivity contribution in [2.24, 2.45) is 15.9 Å². The number of hydrogen-bond acceptors (Lipinski definition) is 3. The van der Waals surface area contributed by atoms with E-state index in [4.69, 9.17) is 14.7 Å². The smallest absolute Gasteiger partial charge is 0.155 e. The highest BCUT2D eigenvalue weighted by Crippen LogP contribution is 2.52. The Kier molecular flexibility index (Phi) is 8.42. The number of para-hydroxylation sites is 2. The number of aliphatic imine (C=N–C) groups is 2. The summed E-state index contributed by atoms with van der Waals surface area (Å²) in [6, 6.07) is 72.5. The molecule has 0 N–H and O–H groups in total. The van der Waals surface area contributed by atoms with Crippen LogP contribution in [0.2, 0.25) is 0 Å². The summed E-state index contributed by atoms with van der Waals surface area (Å²) >= 11 is 0. The Morgan fingerprint density at radius 3 is 2.05 bits per heavy atom. The maximum Gasteiger partial charge on any atom is 0.155 e. The molecule has 2 unspecified atom stereocenters. The van der Waals surface area contributed by atoms with Crippen molar-refractivity contribution in [3.05, 3.63) is 222 Å². The van der Waals surface area contributed by atoms with E-state index in [-0.39, 0.29) is 17.9 Å². The van der Waals surface area contributed by atoms with E-state index >= 15 is 0 Å². The molecule has 0 amide bonds. The van der Waals surface area contributed by atoms with Gasteiger partial charge in [-0.15, -0.1) is 0 Å². The summed E-state index contributed by atoms with van der Waals surface area (Å²) in [5.74, 6) is 2.79. The number of rotatable bonds is 6. The van der Waals surface area contributed by atoms with Crippen LogP contribution in [0.1, 0.15) is 47.6 Å². The quantitative estimate of drug-likeness (QED) is 0.165. The van der Waals surface area contributed by atoms with Crippen LogP contribution in [0, 0.1) is 5.92 Å². The van der Waals surface area contributed by atoms with Crippen LogP contribution in [0.15, 0.2) is 210 Å². The van der Waals surface area contributed by atoms with Gasteiger partial charge in [-0.3, -0.25) is 4.99 Å². The highest BCUT2D eigenvalue weighted by molar-refractivity contribution is 6.25. The van der Waals surface area contributed by atoms with Crippen LogP contribution in [0.25, 0.3) is 71.6 Å². The van der Waals surface area contributed by atoms with E-state index in [9.17, 15) is 0 Å². The standard InChI is InChI=1S/C60H43N3O/c1-2-43-58(37-17-6-3-7-18-37)61-60(38-19-8-4-9-20-38)62-59(43)51-34-41-21-12-13-24-44(41)45-31-29-39(33-50(45)51)40-30-32-46-47-26-16-27-49-56-48-25-14-15-28-52(48)63(42-22-10-5-11-23-42)53(56)36-55(57(47)49)64-54(46)35-40/h3-33,35-36,43,51,58H,2,34H2,1H3/t43?,51-,58?/m1/s1. The number of fused-ring (bicyclic) bond motifs is 9. The van der Waals surface area contributed by atoms with Crippen LogP contribution in [-0.4, -0.2) is 16.1 Å². The summed E-state index contributed by atoms with van der Waals surface area (Å²) in [5, 5.41) is 4.85. The normalized spacial score (nSPS) is 17.3. The molecule has 0 bridgehead atoms. The van der Waals surface area contributed by atoms with Gasteiger partial charge in [0.25, 0.3) is 0 Å². The number of nitrogens with zero attached hydrogens (tertiary/aromatic N) is 3. The van der Waals surface area contributed by atoms with Gasteiger partial charge < -0.3 is 9.30 Å². The summed E-state index contributed by atoms with van der Waals surface area (Å²) < 4.78 is 9.45. The first-order valence-corrected chi connectivity index (χ1v) is 22.6. The molecule has 1 aliphatic carbocycles. The molecule has 3 aliphatic rings. The van der Waals surface area contributed by atoms with Crippen molar-refractivity contribution >= 4 is 44.1 Å². The zero-order chi connectivity index (χ0) is 42.3. The van der Waals surface area contributed by atoms with Gasteiger partial charge in [-0.05, 0) is 99.1 Å². The van der Waals surface area contributed by atoms with Crippen LogP contribution in [0.4, 0.5) is 0 Å². The molecule has 4 nitrogen and oxygen atoms in total. The Balaban J connectivity index is 0.954. The number of benzene rings is 9. The Labute approximate surface area is 372 Å². The second-order valence-corrected chi connectivity index (χ2v) is 17.4. The molecule has 10 aromatic rings. The molecule has 9 aromatic carbocycles. The van der Waals surface area contributed by atoms with Gasteiger partial charge in [0.1, 0.15) is 11.5 Å². The maximum absolute atomic E-state index is 7.07. The minimum Gasteiger partial charge on any atom is -0.456 e. The molecule has 13 rings (SSSR count). The van der Waals surface area contributed by atoms with Gasteiger partial charge in [0.15, 0.2) is 5.84 Å². The molecular formula is C60H43N3O. The van der Waals surface area contributed by atoms with Gasteiger partial charge in [0, 0.05) is 56.6 Å². The predicted octanol–water partition coefficient (Wildman–Crippen LogP) is 15.4. The van der Waals surface area contributed by atoms with E-state index in [1.165, 1.54) is 66.3 Å². The summed E-state index contributed by atoms with van der Waals surface area (Å²) in [6.07, 6.45) is 1.82. The molecule has 64 heavy (non-hydrogen) atoms. The molecule has 4 heteroatoms. The van der Waals surface area contributed by atoms with E-state index in [1.807, 2.05) is 0 Å². The summed E-state index contributed by atoms with van der Waals surface area (Å²) in [6.45, 7) is 2.30. The van der Waals surface area contributed by atoms with Crippen molar-refractivity contribution in [2.75, 3.05) is 0 Å². The van der Waals surface area contributed by atoms with Crippen molar-refractivity contribution in [1.29, 1.82) is 0 Å². The number of aromatic nitrogens is 1. The van der Waals surface area contributed by atoms with Crippen molar-refractivity contribution in [2.45, 2.75) is 31.7 Å². The first kappa shape index (κ1) is 36.8. The fraction of sp³-hybridized carbons (Fsp3) is 0.100. The van der Waals surface area contributed by atoms with Crippen LogP contribution in [0.5, 0.6) is 11.5 Å². The van der Waals surface area contributed by atoms with E-state index in [0.29, 0.717) is 0 Å². The molecule has 0 radical (unpaired) electrons. The molecule has 304 valence electrons. The van der Waals surface area contributed by atoms with Crippen molar-refractivity contribution in [1.82, 2.24) is 4.57 Å². The topological polar surface area (TPSA) is 38.9 Å². The maximum atomic E-state index is 7.07. The lowest BCUT2D eigenvalue weighted by Crippen LogP contribution is -2.33. The molecule has 1 aromatic heterocycles. The summed E-state index contributed by atoms with van der Waals surface area (Å²) in [5.41, 5.74) is 16.8. The lowest BCUT2D eigenvalue weighted by Gasteiger charge is -2.37. The van der Waals surface area contributed by atoms with Gasteiger partial charge in [0.05, 0.1) is 17.1 Å². The first-order valence-electron chi connectivity index (χ1n) is 22.6. The molecule has 0 saturated heterocycles. The molecule has 0 saturated carbocycles. The van der Waals surface area contributed by atoms with Gasteiger partial charge in [0.2, 0.25) is 0 Å². The minimum atomic E-state index is -0.0296. The lowest BCUT2D eigenvalue weighted by atomic mass is 9.70. The van der Waals surface area contributed by atoms with Crippen LogP contribution >= 0.6 is 0 Å². The first-order chi connectivity index (χ1) is 31.7. The average Bonchev–Trinajstić information content (AvgIpc) is 3.70. The van der Waals surface area contributed by atoms with E-state index < -0.39 is 0 Å². The van der Waals surface area contributed by atoms with E-state index in [1.54, 1.807) is 0 Å². The van der Waals surface area contributed by atoms with Gasteiger partial charge >= 0.3 is 0 Å². The third-order valence-corrected chi connectivity index (χ3v) is 14.0. The van der Waals surface area contributed by atoms with Gasteiger partial charge in [-0.25, -0.2) is 4.99 Å². The second kappa shape index (κ2) is 14.6. The molecule has 2 aliphatic heterocycles. The van der Waals surface area contributed by atoms with E-state index in [2.05, 4.69) is 212 Å². The van der Waals surface area contributed by atoms with Crippen LogP contribution in [-0.2, 0) is 6.42 Å². The van der Waals surface area contributed by atoms with Gasteiger partial charge in [-0.1, -0.05) is 165 Å². The average molecular weight is 822 g/mol. The number of hydrogen-bond donors (Lipinski definition) is 0. The van der Waals surface area contributed by atoms with E-state index in [0.717, 1.165) is 63.5 Å². The summed E-state index contributed by atoms with van der Waals surface area (Å²) in [7, 11) is 0. The van der Waals surface area contributed by atoms with Crippen LogP contribution < -0.4 is 4.74 Å². The van der Waals surface area contributed by atoms with Gasteiger partial charge in [-0.2, -0.15) is 0 Å². The number of amidine groups is 1. The molecule has 3 heterocycles. The molecular weight excluding hydrogens is 779 g/mol. The fourth-order valence-electron chi connectivity index (χ4n) is 11.1. The number of ether oxygens (including phenoxy) is 1. The highest BCUT2D eigenvalue weighted by Gasteiger charge is 2.38. The Bertz CT molecular complexity index is 3550. The monoisotopic (exact) mass is 821 g/mol. The second-order valence-electron chi connectivity index (χ2n) is 17.4. The third-order valence-electron chi connectivity index (χ3n) is 14.0. The molecule has 3 atom stereocenters. The summed E-state index contributed by atoms with van der Waals surface area (Å²) in [4.78, 5) is 11.0. The zero-order valence-electron chi connectivity index (χ0n) is 35.4. The SMILES string of the molecule is CCC1C([C@@H]2Cc3ccccc3-c3ccc(-c4ccc5c(c4)Oc4cc6c(c7cccc-5c47)c4ccccc4n6-c4ccccc4)cc32)=NC(c2ccccc2)=NC1c1ccccc1. The zero-order valence-corrected chi connectivity index (χ0v) is 35.4.